The third kappa shape index (κ3) is 5.92. The average molecular weight is 355 g/mol. The molecule has 0 amide bonds. The monoisotopic (exact) mass is 355 g/mol. The van der Waals surface area contributed by atoms with Gasteiger partial charge in [0.1, 0.15) is 5.60 Å². The molecule has 0 aliphatic carbocycles. The Morgan fingerprint density at radius 3 is 2.12 bits per heavy atom. The predicted octanol–water partition coefficient (Wildman–Crippen LogP) is 4.58. The van der Waals surface area contributed by atoms with Crippen molar-refractivity contribution in [3.63, 3.8) is 0 Å². The molecular formula is C21H25NO4. The van der Waals surface area contributed by atoms with Gasteiger partial charge in [-0.05, 0) is 57.5 Å². The van der Waals surface area contributed by atoms with Crippen LogP contribution in [0.3, 0.4) is 0 Å². The number of nitrogens with one attached hydrogen (secondary N) is 1. The van der Waals surface area contributed by atoms with E-state index in [-0.39, 0.29) is 6.42 Å². The molecule has 0 aliphatic rings. The number of benzene rings is 2. The maximum atomic E-state index is 12.1. The Morgan fingerprint density at radius 1 is 1.04 bits per heavy atom. The molecule has 0 radical (unpaired) electrons. The van der Waals surface area contributed by atoms with Crippen molar-refractivity contribution >= 4 is 17.6 Å². The molecule has 5 heteroatoms. The summed E-state index contributed by atoms with van der Waals surface area (Å²) in [7, 11) is 0. The molecule has 1 atom stereocenters. The molecule has 0 bridgehead atoms. The molecule has 0 fully saturated rings. The summed E-state index contributed by atoms with van der Waals surface area (Å²) in [4.78, 5) is 23.4. The van der Waals surface area contributed by atoms with Crippen LogP contribution in [0.2, 0.25) is 0 Å². The SMILES string of the molecule is Cc1ccc(NC(CC(=O)O)c2ccc(C(=O)OC(C)(C)C)cc2)cc1. The molecule has 0 spiro atoms. The van der Waals surface area contributed by atoms with Gasteiger partial charge in [0.15, 0.2) is 0 Å². The molecular weight excluding hydrogens is 330 g/mol. The van der Waals surface area contributed by atoms with Crippen LogP contribution in [0.25, 0.3) is 0 Å². The number of esters is 1. The first-order chi connectivity index (χ1) is 12.1. The maximum absolute atomic E-state index is 12.1. The molecule has 2 aromatic rings. The van der Waals surface area contributed by atoms with Crippen LogP contribution in [-0.2, 0) is 9.53 Å². The quantitative estimate of drug-likeness (QED) is 0.742. The zero-order chi connectivity index (χ0) is 19.3. The number of carboxylic acids is 1. The van der Waals surface area contributed by atoms with Crippen LogP contribution in [0.15, 0.2) is 48.5 Å². The first-order valence-electron chi connectivity index (χ1n) is 8.52. The van der Waals surface area contributed by atoms with Crippen molar-refractivity contribution in [1.29, 1.82) is 0 Å². The van der Waals surface area contributed by atoms with Crippen molar-refractivity contribution in [1.82, 2.24) is 0 Å². The van der Waals surface area contributed by atoms with Crippen molar-refractivity contribution in [2.24, 2.45) is 0 Å². The molecule has 0 saturated carbocycles. The number of ether oxygens (including phenoxy) is 1. The summed E-state index contributed by atoms with van der Waals surface area (Å²) < 4.78 is 5.35. The van der Waals surface area contributed by atoms with Crippen LogP contribution in [0, 0.1) is 6.92 Å². The van der Waals surface area contributed by atoms with Gasteiger partial charge in [0, 0.05) is 5.69 Å². The van der Waals surface area contributed by atoms with Gasteiger partial charge in [-0.2, -0.15) is 0 Å². The van der Waals surface area contributed by atoms with Crippen LogP contribution in [0.1, 0.15) is 54.7 Å². The minimum atomic E-state index is -0.897. The summed E-state index contributed by atoms with van der Waals surface area (Å²) in [5, 5.41) is 12.5. The minimum absolute atomic E-state index is 0.0698. The summed E-state index contributed by atoms with van der Waals surface area (Å²) in [5.41, 5.74) is 2.65. The summed E-state index contributed by atoms with van der Waals surface area (Å²) >= 11 is 0. The molecule has 2 N–H and O–H groups in total. The van der Waals surface area contributed by atoms with Crippen molar-refractivity contribution < 1.29 is 19.4 Å². The molecule has 2 aromatic carbocycles. The van der Waals surface area contributed by atoms with Crippen LogP contribution in [-0.4, -0.2) is 22.6 Å². The Bertz CT molecular complexity index is 758. The maximum Gasteiger partial charge on any atom is 0.338 e. The van der Waals surface area contributed by atoms with Gasteiger partial charge in [-0.1, -0.05) is 29.8 Å². The molecule has 1 unspecified atom stereocenters. The number of carboxylic acid groups (broad SMARTS) is 1. The lowest BCUT2D eigenvalue weighted by Crippen LogP contribution is -2.24. The van der Waals surface area contributed by atoms with Crippen molar-refractivity contribution in [3.05, 3.63) is 65.2 Å². The summed E-state index contributed by atoms with van der Waals surface area (Å²) in [5.74, 6) is -1.30. The van der Waals surface area contributed by atoms with E-state index in [9.17, 15) is 14.7 Å². The number of carbonyl (C=O) groups excluding carboxylic acids is 1. The van der Waals surface area contributed by atoms with E-state index in [0.717, 1.165) is 16.8 Å². The van der Waals surface area contributed by atoms with Crippen molar-refractivity contribution in [2.75, 3.05) is 5.32 Å². The van der Waals surface area contributed by atoms with E-state index in [2.05, 4.69) is 5.32 Å². The lowest BCUT2D eigenvalue weighted by atomic mass is 10.0. The number of rotatable bonds is 6. The number of hydrogen-bond acceptors (Lipinski definition) is 4. The Hall–Kier alpha value is -2.82. The number of anilines is 1. The first kappa shape index (κ1) is 19.5. The highest BCUT2D eigenvalue weighted by Crippen LogP contribution is 2.24. The number of hydrogen-bond donors (Lipinski definition) is 2. The standard InChI is InChI=1S/C21H25NO4/c1-14-5-11-17(12-6-14)22-18(13-19(23)24)15-7-9-16(10-8-15)20(25)26-21(2,3)4/h5-12,18,22H,13H2,1-4H3,(H,23,24). The number of aryl methyl sites for hydroxylation is 1. The van der Waals surface area contributed by atoms with Crippen LogP contribution in [0.5, 0.6) is 0 Å². The number of aliphatic carboxylic acids is 1. The lowest BCUT2D eigenvalue weighted by molar-refractivity contribution is -0.137. The van der Waals surface area contributed by atoms with Gasteiger partial charge >= 0.3 is 11.9 Å². The van der Waals surface area contributed by atoms with Gasteiger partial charge in [-0.15, -0.1) is 0 Å². The van der Waals surface area contributed by atoms with Crippen LogP contribution in [0.4, 0.5) is 5.69 Å². The van der Waals surface area contributed by atoms with Crippen LogP contribution < -0.4 is 5.32 Å². The van der Waals surface area contributed by atoms with Gasteiger partial charge in [-0.3, -0.25) is 4.79 Å². The van der Waals surface area contributed by atoms with E-state index in [1.165, 1.54) is 0 Å². The minimum Gasteiger partial charge on any atom is -0.481 e. The summed E-state index contributed by atoms with van der Waals surface area (Å²) in [6, 6.07) is 14.2. The Morgan fingerprint density at radius 2 is 1.62 bits per heavy atom. The fourth-order valence-electron chi connectivity index (χ4n) is 2.47. The molecule has 26 heavy (non-hydrogen) atoms. The summed E-state index contributed by atoms with van der Waals surface area (Å²) in [6.45, 7) is 7.43. The molecule has 0 aliphatic heterocycles. The van der Waals surface area contributed by atoms with E-state index in [1.54, 1.807) is 24.3 Å². The first-order valence-corrected chi connectivity index (χ1v) is 8.52. The Kier molecular flexibility index (Phi) is 6.03. The van der Waals surface area contributed by atoms with Gasteiger partial charge in [0.2, 0.25) is 0 Å². The lowest BCUT2D eigenvalue weighted by Gasteiger charge is -2.21. The van der Waals surface area contributed by atoms with E-state index >= 15 is 0 Å². The average Bonchev–Trinajstić information content (AvgIpc) is 2.54. The topological polar surface area (TPSA) is 75.6 Å². The Labute approximate surface area is 154 Å². The second-order valence-electron chi connectivity index (χ2n) is 7.28. The Balaban J connectivity index is 2.18. The van der Waals surface area contributed by atoms with Gasteiger partial charge < -0.3 is 15.2 Å². The second-order valence-corrected chi connectivity index (χ2v) is 7.28. The molecule has 0 saturated heterocycles. The molecule has 5 nitrogen and oxygen atoms in total. The predicted molar refractivity (Wildman–Crippen MR) is 101 cm³/mol. The highest BCUT2D eigenvalue weighted by atomic mass is 16.6. The van der Waals surface area contributed by atoms with E-state index in [1.807, 2.05) is 52.0 Å². The molecule has 0 heterocycles. The normalized spacial score (nSPS) is 12.3. The fourth-order valence-corrected chi connectivity index (χ4v) is 2.47. The summed E-state index contributed by atoms with van der Waals surface area (Å²) in [6.07, 6.45) is -0.0698. The van der Waals surface area contributed by atoms with Gasteiger partial charge in [-0.25, -0.2) is 4.79 Å². The smallest absolute Gasteiger partial charge is 0.338 e. The fraction of sp³-hybridized carbons (Fsp3) is 0.333. The van der Waals surface area contributed by atoms with Gasteiger partial charge in [0.05, 0.1) is 18.0 Å². The van der Waals surface area contributed by atoms with E-state index in [0.29, 0.717) is 5.56 Å². The van der Waals surface area contributed by atoms with Crippen LogP contribution >= 0.6 is 0 Å². The third-order valence-electron chi connectivity index (χ3n) is 3.72. The zero-order valence-electron chi connectivity index (χ0n) is 15.6. The molecule has 0 aromatic heterocycles. The van der Waals surface area contributed by atoms with Crippen molar-refractivity contribution in [2.45, 2.75) is 45.8 Å². The second kappa shape index (κ2) is 8.04. The van der Waals surface area contributed by atoms with E-state index in [4.69, 9.17) is 4.74 Å². The van der Waals surface area contributed by atoms with E-state index < -0.39 is 23.6 Å². The third-order valence-corrected chi connectivity index (χ3v) is 3.72. The zero-order valence-corrected chi connectivity index (χ0v) is 15.6. The highest BCUT2D eigenvalue weighted by Gasteiger charge is 2.19. The number of carbonyl (C=O) groups is 2. The van der Waals surface area contributed by atoms with Gasteiger partial charge in [0.25, 0.3) is 0 Å². The largest absolute Gasteiger partial charge is 0.481 e. The molecule has 2 rings (SSSR count). The van der Waals surface area contributed by atoms with Crippen molar-refractivity contribution in [3.8, 4) is 0 Å². The molecule has 138 valence electrons. The highest BCUT2D eigenvalue weighted by molar-refractivity contribution is 5.89.